The van der Waals surface area contributed by atoms with Gasteiger partial charge in [-0.25, -0.2) is 5.43 Å². The maximum absolute atomic E-state index is 12.0. The van der Waals surface area contributed by atoms with E-state index in [1.54, 1.807) is 18.2 Å². The first-order valence-corrected chi connectivity index (χ1v) is 10.5. The summed E-state index contributed by atoms with van der Waals surface area (Å²) < 4.78 is 5.56. The second-order valence-electron chi connectivity index (χ2n) is 7.10. The molecule has 2 aromatic carbocycles. The Kier molecular flexibility index (Phi) is 7.71. The maximum atomic E-state index is 12.0. The molecular formula is C22H23Cl2N3O3. The van der Waals surface area contributed by atoms with E-state index in [1.165, 1.54) is 0 Å². The van der Waals surface area contributed by atoms with E-state index in [0.717, 1.165) is 24.1 Å². The Labute approximate surface area is 185 Å². The van der Waals surface area contributed by atoms with Gasteiger partial charge < -0.3 is 10.1 Å². The second kappa shape index (κ2) is 10.5. The maximum Gasteiger partial charge on any atom is 0.240 e. The van der Waals surface area contributed by atoms with Gasteiger partial charge in [0.2, 0.25) is 11.8 Å². The Morgan fingerprint density at radius 2 is 1.87 bits per heavy atom. The Morgan fingerprint density at radius 1 is 1.13 bits per heavy atom. The number of hydrazone groups is 1. The summed E-state index contributed by atoms with van der Waals surface area (Å²) in [5, 5.41) is 8.00. The lowest BCUT2D eigenvalue weighted by atomic mass is 10.1. The van der Waals surface area contributed by atoms with Crippen molar-refractivity contribution >= 4 is 46.4 Å². The van der Waals surface area contributed by atoms with E-state index in [1.807, 2.05) is 31.2 Å². The van der Waals surface area contributed by atoms with Crippen LogP contribution >= 0.6 is 23.2 Å². The standard InChI is InChI=1S/C22H23Cl2N3O3/c1-14(15-6-9-18(10-7-15)25-22(29)16-4-5-16)26-27-21(28)3-2-12-30-20-11-8-17(23)13-19(20)24/h6-11,13,16H,2-5,12H2,1H3,(H,25,29)(H,27,28)/b26-14-. The predicted octanol–water partition coefficient (Wildman–Crippen LogP) is 5.04. The molecule has 30 heavy (non-hydrogen) atoms. The third-order valence-electron chi connectivity index (χ3n) is 4.57. The zero-order valence-corrected chi connectivity index (χ0v) is 18.1. The number of benzene rings is 2. The van der Waals surface area contributed by atoms with Crippen LogP contribution in [0.4, 0.5) is 5.69 Å². The summed E-state index contributed by atoms with van der Waals surface area (Å²) in [5.74, 6) is 0.569. The van der Waals surface area contributed by atoms with E-state index in [-0.39, 0.29) is 24.2 Å². The zero-order valence-electron chi connectivity index (χ0n) is 16.6. The fourth-order valence-electron chi connectivity index (χ4n) is 2.66. The Balaban J connectivity index is 1.39. The van der Waals surface area contributed by atoms with Gasteiger partial charge in [-0.05, 0) is 62.1 Å². The van der Waals surface area contributed by atoms with Crippen LogP contribution in [0.15, 0.2) is 47.6 Å². The van der Waals surface area contributed by atoms with Crippen molar-refractivity contribution in [1.82, 2.24) is 5.43 Å². The average Bonchev–Trinajstić information content (AvgIpc) is 3.57. The van der Waals surface area contributed by atoms with Crippen LogP contribution in [0.3, 0.4) is 0 Å². The molecular weight excluding hydrogens is 425 g/mol. The van der Waals surface area contributed by atoms with Crippen molar-refractivity contribution in [2.24, 2.45) is 11.0 Å². The Morgan fingerprint density at radius 3 is 2.53 bits per heavy atom. The first-order valence-electron chi connectivity index (χ1n) is 9.74. The van der Waals surface area contributed by atoms with Gasteiger partial charge in [-0.15, -0.1) is 0 Å². The first-order chi connectivity index (χ1) is 14.4. The molecule has 8 heteroatoms. The van der Waals surface area contributed by atoms with Crippen LogP contribution in [0.2, 0.25) is 10.0 Å². The van der Waals surface area contributed by atoms with Gasteiger partial charge >= 0.3 is 0 Å². The molecule has 0 unspecified atom stereocenters. The van der Waals surface area contributed by atoms with Crippen molar-refractivity contribution in [2.75, 3.05) is 11.9 Å². The minimum absolute atomic E-state index is 0.0720. The van der Waals surface area contributed by atoms with Gasteiger partial charge in [-0.1, -0.05) is 35.3 Å². The Hall–Kier alpha value is -2.57. The van der Waals surface area contributed by atoms with Gasteiger partial charge in [0, 0.05) is 23.0 Å². The van der Waals surface area contributed by atoms with Crippen molar-refractivity contribution in [3.05, 3.63) is 58.1 Å². The van der Waals surface area contributed by atoms with E-state index < -0.39 is 0 Å². The monoisotopic (exact) mass is 447 g/mol. The van der Waals surface area contributed by atoms with Gasteiger partial charge in [0.15, 0.2) is 0 Å². The number of halogens is 2. The molecule has 0 saturated heterocycles. The van der Waals surface area contributed by atoms with Gasteiger partial charge in [-0.2, -0.15) is 5.10 Å². The second-order valence-corrected chi connectivity index (χ2v) is 7.94. The van der Waals surface area contributed by atoms with Crippen molar-refractivity contribution in [1.29, 1.82) is 0 Å². The molecule has 1 aliphatic carbocycles. The van der Waals surface area contributed by atoms with E-state index >= 15 is 0 Å². The molecule has 0 atom stereocenters. The first kappa shape index (κ1) is 22.1. The molecule has 0 radical (unpaired) electrons. The summed E-state index contributed by atoms with van der Waals surface area (Å²) in [4.78, 5) is 23.8. The third kappa shape index (κ3) is 6.75. The highest BCUT2D eigenvalue weighted by molar-refractivity contribution is 6.35. The fourth-order valence-corrected chi connectivity index (χ4v) is 3.12. The number of nitrogens with zero attached hydrogens (tertiary/aromatic N) is 1. The number of anilines is 1. The van der Waals surface area contributed by atoms with Crippen molar-refractivity contribution in [3.8, 4) is 5.75 Å². The highest BCUT2D eigenvalue weighted by Crippen LogP contribution is 2.30. The van der Waals surface area contributed by atoms with Crippen molar-refractivity contribution in [3.63, 3.8) is 0 Å². The number of carbonyl (C=O) groups is 2. The molecule has 0 heterocycles. The highest BCUT2D eigenvalue weighted by Gasteiger charge is 2.29. The minimum Gasteiger partial charge on any atom is -0.492 e. The largest absolute Gasteiger partial charge is 0.492 e. The predicted molar refractivity (Wildman–Crippen MR) is 119 cm³/mol. The molecule has 0 spiro atoms. The highest BCUT2D eigenvalue weighted by atomic mass is 35.5. The molecule has 1 saturated carbocycles. The molecule has 0 aromatic heterocycles. The number of rotatable bonds is 9. The molecule has 3 rings (SSSR count). The number of hydrogen-bond acceptors (Lipinski definition) is 4. The lowest BCUT2D eigenvalue weighted by molar-refractivity contribution is -0.121. The number of carbonyl (C=O) groups excluding carboxylic acids is 2. The number of hydrogen-bond donors (Lipinski definition) is 2. The lowest BCUT2D eigenvalue weighted by Crippen LogP contribution is -2.19. The summed E-state index contributed by atoms with van der Waals surface area (Å²) >= 11 is 11.9. The molecule has 0 bridgehead atoms. The molecule has 158 valence electrons. The molecule has 2 amide bonds. The van der Waals surface area contributed by atoms with Crippen LogP contribution in [0, 0.1) is 5.92 Å². The van der Waals surface area contributed by atoms with Gasteiger partial charge in [0.05, 0.1) is 17.3 Å². The molecule has 6 nitrogen and oxygen atoms in total. The van der Waals surface area contributed by atoms with Gasteiger partial charge in [-0.3, -0.25) is 9.59 Å². The van der Waals surface area contributed by atoms with Crippen LogP contribution in [0.1, 0.15) is 38.2 Å². The van der Waals surface area contributed by atoms with Gasteiger partial charge in [0.1, 0.15) is 5.75 Å². The third-order valence-corrected chi connectivity index (χ3v) is 5.10. The van der Waals surface area contributed by atoms with Crippen molar-refractivity contribution in [2.45, 2.75) is 32.6 Å². The van der Waals surface area contributed by atoms with Crippen LogP contribution in [-0.2, 0) is 9.59 Å². The molecule has 0 aliphatic heterocycles. The van der Waals surface area contributed by atoms with E-state index in [0.29, 0.717) is 34.5 Å². The van der Waals surface area contributed by atoms with Crippen LogP contribution in [0.25, 0.3) is 0 Å². The summed E-state index contributed by atoms with van der Waals surface area (Å²) in [7, 11) is 0. The average molecular weight is 448 g/mol. The van der Waals surface area contributed by atoms with Crippen LogP contribution in [0.5, 0.6) is 5.75 Å². The summed E-state index contributed by atoms with van der Waals surface area (Å²) in [6.45, 7) is 2.16. The van der Waals surface area contributed by atoms with Crippen LogP contribution in [-0.4, -0.2) is 24.1 Å². The van der Waals surface area contributed by atoms with E-state index in [4.69, 9.17) is 27.9 Å². The molecule has 1 fully saturated rings. The molecule has 2 N–H and O–H groups in total. The number of amides is 2. The minimum atomic E-state index is -0.200. The quantitative estimate of drug-likeness (QED) is 0.320. The number of nitrogens with one attached hydrogen (secondary N) is 2. The lowest BCUT2D eigenvalue weighted by Gasteiger charge is -2.08. The van der Waals surface area contributed by atoms with Gasteiger partial charge in [0.25, 0.3) is 0 Å². The van der Waals surface area contributed by atoms with E-state index in [9.17, 15) is 9.59 Å². The Bertz CT molecular complexity index is 941. The fraction of sp³-hybridized carbons (Fsp3) is 0.318. The smallest absolute Gasteiger partial charge is 0.240 e. The normalized spacial score (nSPS) is 13.6. The summed E-state index contributed by atoms with van der Waals surface area (Å²) in [6, 6.07) is 12.4. The topological polar surface area (TPSA) is 79.8 Å². The SMILES string of the molecule is C/C(=N/NC(=O)CCCOc1ccc(Cl)cc1Cl)c1ccc(NC(=O)C2CC2)cc1. The number of ether oxygens (including phenoxy) is 1. The van der Waals surface area contributed by atoms with Crippen molar-refractivity contribution < 1.29 is 14.3 Å². The zero-order chi connectivity index (χ0) is 21.5. The molecule has 2 aromatic rings. The summed E-state index contributed by atoms with van der Waals surface area (Å²) in [6.07, 6.45) is 2.73. The summed E-state index contributed by atoms with van der Waals surface area (Å²) in [5.41, 5.74) is 4.84. The molecule has 1 aliphatic rings. The van der Waals surface area contributed by atoms with Crippen LogP contribution < -0.4 is 15.5 Å². The van der Waals surface area contributed by atoms with E-state index in [2.05, 4.69) is 15.8 Å².